The molecule has 6 nitrogen and oxygen atoms in total. The standard InChI is InChI=1S/C68H48F4N2.C66H38F4N4/c1-41-13-5-9-17-59(41)47-29-48(60-18-10-6-14-42(60)2)32-55(31-47)73(57-37-51(69)35-52(70)38-57)65-27-23-45-22-26-64-66(28-24-46-21-25-63(65)67(45)68(46)64)74(58-39-53(71)36-54(72)40-58)56-33-49(61-19-11-7-15-43(61)3)30-50(34-56)62-20-12-8-16-44(62)4;67-53-15-5-11-43(31-53)49-29-50(44-12-6-16-54(68)32-44)36-57(35-49)73(61-19-3-1-9-47(61)39-71)63-27-23-41-22-26-60-64(28-24-42-21-25-59(63)65(41)66(42)60)74(62-20-4-2-10-48(62)40-72)58-37-51(45-13-7-17-55(69)33-45)30-52(38-58)46-14-8-18-56(70)34-46/h5-40H,1-4H3;1-38H. The number of anilines is 12. The summed E-state index contributed by atoms with van der Waals surface area (Å²) in [7, 11) is 0. The average Bonchev–Trinajstić information content (AvgIpc) is 0.718. The first-order chi connectivity index (χ1) is 72.2. The van der Waals surface area contributed by atoms with Crippen LogP contribution >= 0.6 is 0 Å². The van der Waals surface area contributed by atoms with Gasteiger partial charge in [0.25, 0.3) is 0 Å². The lowest BCUT2D eigenvalue weighted by Gasteiger charge is -2.31. The zero-order chi connectivity index (χ0) is 101. The second-order valence-electron chi connectivity index (χ2n) is 37.4. The summed E-state index contributed by atoms with van der Waals surface area (Å²) in [5, 5.41) is 32.3. The van der Waals surface area contributed by atoms with E-state index in [1.807, 2.05) is 189 Å². The van der Waals surface area contributed by atoms with E-state index < -0.39 is 46.5 Å². The van der Waals surface area contributed by atoms with Gasteiger partial charge in [0, 0.05) is 56.4 Å². The Labute approximate surface area is 850 Å². The first-order valence-corrected chi connectivity index (χ1v) is 48.6. The van der Waals surface area contributed by atoms with Crippen molar-refractivity contribution >= 4 is 133 Å². The molecule has 24 rings (SSSR count). The van der Waals surface area contributed by atoms with E-state index >= 15 is 17.6 Å². The smallest absolute Gasteiger partial charge is 0.128 e. The number of rotatable bonds is 20. The zero-order valence-corrected chi connectivity index (χ0v) is 80.4. The summed E-state index contributed by atoms with van der Waals surface area (Å²) in [4.78, 5) is 7.99. The van der Waals surface area contributed by atoms with Gasteiger partial charge in [-0.15, -0.1) is 0 Å². The Morgan fingerprint density at radius 1 is 0.169 bits per heavy atom. The first-order valence-electron chi connectivity index (χ1n) is 48.6. The van der Waals surface area contributed by atoms with Gasteiger partial charge in [-0.1, -0.05) is 243 Å². The minimum atomic E-state index is -0.701. The lowest BCUT2D eigenvalue weighted by atomic mass is 9.90. The van der Waals surface area contributed by atoms with Gasteiger partial charge in [0.15, 0.2) is 0 Å². The van der Waals surface area contributed by atoms with Crippen molar-refractivity contribution < 1.29 is 35.1 Å². The van der Waals surface area contributed by atoms with E-state index in [-0.39, 0.29) is 0 Å². The molecule has 0 aliphatic rings. The van der Waals surface area contributed by atoms with Crippen molar-refractivity contribution in [3.8, 4) is 101 Å². The molecule has 0 radical (unpaired) electrons. The molecule has 0 fully saturated rings. The topological polar surface area (TPSA) is 60.5 Å². The number of hydrogen-bond donors (Lipinski definition) is 0. The predicted octanol–water partition coefficient (Wildman–Crippen LogP) is 38.5. The second-order valence-corrected chi connectivity index (χ2v) is 37.4. The maximum Gasteiger partial charge on any atom is 0.128 e. The van der Waals surface area contributed by atoms with Crippen molar-refractivity contribution in [2.75, 3.05) is 19.6 Å². The number of benzene rings is 24. The molecule has 0 unspecified atom stereocenters. The SMILES string of the molecule is Cc1ccccc1-c1cc(-c2ccccc2C)cc(N(c2cc(F)cc(F)c2)c2ccc3ccc4c(N(c5cc(F)cc(F)c5)c5cc(-c6ccccc6C)cc(-c6ccccc6C)c5)ccc5ccc2c3c54)c1.N#Cc1ccccc1N(c1cc(-c2cccc(F)c2)cc(-c2cccc(F)c2)c1)c1ccc2ccc3c(N(c4cc(-c5cccc(F)c5)cc(-c5cccc(F)c5)c4)c4ccccc4C#N)ccc4ccc1c2c43. The fourth-order valence-electron chi connectivity index (χ4n) is 21.4. The van der Waals surface area contributed by atoms with Crippen molar-refractivity contribution in [1.82, 2.24) is 0 Å². The van der Waals surface area contributed by atoms with Crippen molar-refractivity contribution in [3.63, 3.8) is 0 Å². The van der Waals surface area contributed by atoms with Crippen molar-refractivity contribution in [1.29, 1.82) is 10.5 Å². The van der Waals surface area contributed by atoms with Crippen LogP contribution in [-0.2, 0) is 0 Å². The highest BCUT2D eigenvalue weighted by Gasteiger charge is 2.31. The quantitative estimate of drug-likeness (QED) is 0.0560. The van der Waals surface area contributed by atoms with Crippen LogP contribution in [-0.4, -0.2) is 0 Å². The van der Waals surface area contributed by atoms with Gasteiger partial charge < -0.3 is 19.6 Å². The predicted molar refractivity (Wildman–Crippen MR) is 591 cm³/mol. The van der Waals surface area contributed by atoms with Crippen LogP contribution in [0, 0.1) is 96.9 Å². The molecule has 0 atom stereocenters. The Kier molecular flexibility index (Phi) is 24.2. The monoisotopic (exact) mass is 1930 g/mol. The Hall–Kier alpha value is -19.0. The molecule has 708 valence electrons. The third-order valence-electron chi connectivity index (χ3n) is 28.1. The van der Waals surface area contributed by atoms with Crippen LogP contribution < -0.4 is 19.6 Å². The van der Waals surface area contributed by atoms with E-state index in [0.717, 1.165) is 155 Å². The summed E-state index contributed by atoms with van der Waals surface area (Å²) < 4.78 is 123. The second kappa shape index (κ2) is 38.7. The van der Waals surface area contributed by atoms with E-state index in [0.29, 0.717) is 113 Å². The summed E-state index contributed by atoms with van der Waals surface area (Å²) in [5.74, 6) is -4.42. The van der Waals surface area contributed by atoms with Crippen molar-refractivity contribution in [2.45, 2.75) is 27.7 Å². The van der Waals surface area contributed by atoms with Gasteiger partial charge in [-0.2, -0.15) is 10.5 Å². The molecule has 0 amide bonds. The Morgan fingerprint density at radius 3 is 0.655 bits per heavy atom. The van der Waals surface area contributed by atoms with E-state index in [9.17, 15) is 28.1 Å². The van der Waals surface area contributed by atoms with Crippen LogP contribution in [0.3, 0.4) is 0 Å². The highest BCUT2D eigenvalue weighted by atomic mass is 19.2. The largest absolute Gasteiger partial charge is 0.310 e. The van der Waals surface area contributed by atoms with Crippen molar-refractivity contribution in [3.05, 3.63) is 529 Å². The molecule has 0 aromatic heterocycles. The maximum atomic E-state index is 15.7. The van der Waals surface area contributed by atoms with Crippen LogP contribution in [0.15, 0.2) is 449 Å². The lowest BCUT2D eigenvalue weighted by Crippen LogP contribution is -2.13. The zero-order valence-electron chi connectivity index (χ0n) is 80.4. The number of nitrogens with zero attached hydrogens (tertiary/aromatic N) is 6. The third-order valence-corrected chi connectivity index (χ3v) is 28.1. The number of hydrogen-bond acceptors (Lipinski definition) is 6. The summed E-state index contributed by atoms with van der Waals surface area (Å²) in [5.41, 5.74) is 25.8. The molecule has 0 N–H and O–H groups in total. The summed E-state index contributed by atoms with van der Waals surface area (Å²) >= 11 is 0. The molecule has 0 aliphatic carbocycles. The lowest BCUT2D eigenvalue weighted by molar-refractivity contribution is 0.583. The molecular weight excluding hydrogens is 1850 g/mol. The molecule has 0 bridgehead atoms. The van der Waals surface area contributed by atoms with Crippen LogP contribution in [0.1, 0.15) is 33.4 Å². The molecule has 148 heavy (non-hydrogen) atoms. The maximum absolute atomic E-state index is 15.7. The summed E-state index contributed by atoms with van der Waals surface area (Å²) in [6, 6.07) is 142. The van der Waals surface area contributed by atoms with E-state index in [2.05, 4.69) is 198 Å². The molecule has 0 saturated heterocycles. The minimum Gasteiger partial charge on any atom is -0.310 e. The molecule has 0 saturated carbocycles. The number of aryl methyl sites for hydroxylation is 4. The fraction of sp³-hybridized carbons (Fsp3) is 0.0299. The summed E-state index contributed by atoms with van der Waals surface area (Å²) in [6.45, 7) is 8.33. The fourth-order valence-corrected chi connectivity index (χ4v) is 21.4. The van der Waals surface area contributed by atoms with Gasteiger partial charge in [0.1, 0.15) is 58.7 Å². The number of halogens is 8. The molecular formula is C134H86F8N6. The molecule has 24 aromatic rings. The summed E-state index contributed by atoms with van der Waals surface area (Å²) in [6.07, 6.45) is 0. The van der Waals surface area contributed by atoms with Crippen LogP contribution in [0.2, 0.25) is 0 Å². The Balaban J connectivity index is 0.000000163. The van der Waals surface area contributed by atoms with Gasteiger partial charge in [0.05, 0.1) is 56.6 Å². The molecule has 14 heteroatoms. The Morgan fingerprint density at radius 2 is 0.392 bits per heavy atom. The van der Waals surface area contributed by atoms with Crippen LogP contribution in [0.4, 0.5) is 103 Å². The molecule has 24 aromatic carbocycles. The molecule has 0 spiro atoms. The van der Waals surface area contributed by atoms with E-state index in [1.165, 1.54) is 72.8 Å². The Bertz CT molecular complexity index is 8670. The van der Waals surface area contributed by atoms with E-state index in [1.54, 1.807) is 36.4 Å². The van der Waals surface area contributed by atoms with E-state index in [4.69, 9.17) is 0 Å². The van der Waals surface area contributed by atoms with Gasteiger partial charge in [-0.05, 0) is 376 Å². The number of nitriles is 2. The highest BCUT2D eigenvalue weighted by molar-refractivity contribution is 6.30. The third kappa shape index (κ3) is 17.5. The van der Waals surface area contributed by atoms with Crippen LogP contribution in [0.5, 0.6) is 0 Å². The van der Waals surface area contributed by atoms with Gasteiger partial charge >= 0.3 is 0 Å². The number of para-hydroxylation sites is 2. The van der Waals surface area contributed by atoms with Gasteiger partial charge in [-0.25, -0.2) is 35.1 Å². The normalized spacial score (nSPS) is 11.4. The molecule has 0 heterocycles. The van der Waals surface area contributed by atoms with Crippen molar-refractivity contribution in [2.24, 2.45) is 0 Å². The first kappa shape index (κ1) is 92.7. The molecule has 0 aliphatic heterocycles. The van der Waals surface area contributed by atoms with Crippen LogP contribution in [0.25, 0.3) is 154 Å². The minimum absolute atomic E-state index is 0.313. The van der Waals surface area contributed by atoms with Gasteiger partial charge in [0.2, 0.25) is 0 Å². The highest BCUT2D eigenvalue weighted by Crippen LogP contribution is 2.55. The average molecular weight is 1930 g/mol. The van der Waals surface area contributed by atoms with Gasteiger partial charge in [-0.3, -0.25) is 0 Å².